The van der Waals surface area contributed by atoms with Crippen LogP contribution in [0, 0.1) is 0 Å². The summed E-state index contributed by atoms with van der Waals surface area (Å²) in [7, 11) is 0. The average Bonchev–Trinajstić information content (AvgIpc) is 3.23. The van der Waals surface area contributed by atoms with Gasteiger partial charge in [-0.1, -0.05) is 176 Å². The Labute approximate surface area is 296 Å². The Bertz CT molecular complexity index is 3350. The van der Waals surface area contributed by atoms with Gasteiger partial charge in [-0.15, -0.1) is 0 Å². The lowest BCUT2D eigenvalue weighted by atomic mass is 9.82. The molecule has 0 aliphatic heterocycles. The minimum Gasteiger partial charge on any atom is -0.0622 e. The number of fused-ring (bicyclic) bond motifs is 5. The lowest BCUT2D eigenvalue weighted by Crippen LogP contribution is -1.93. The van der Waals surface area contributed by atoms with E-state index in [9.17, 15) is 0 Å². The van der Waals surface area contributed by atoms with Crippen LogP contribution in [-0.4, -0.2) is 0 Å². The molecule has 0 fully saturated rings. The molecule has 0 unspecified atom stereocenters. The van der Waals surface area contributed by atoms with E-state index >= 15 is 0 Å². The van der Waals surface area contributed by atoms with E-state index in [-0.39, 0.29) is 29.7 Å². The summed E-state index contributed by atoms with van der Waals surface area (Å²) >= 11 is 0. The first-order valence-corrected chi connectivity index (χ1v) is 17.0. The van der Waals surface area contributed by atoms with Crippen molar-refractivity contribution in [3.63, 3.8) is 0 Å². The molecule has 0 nitrogen and oxygen atoms in total. The number of hydrogen-bond donors (Lipinski definition) is 0. The fraction of sp³-hybridized carbons (Fsp3) is 0. The van der Waals surface area contributed by atoms with Crippen LogP contribution < -0.4 is 0 Å². The van der Waals surface area contributed by atoms with Gasteiger partial charge in [0.15, 0.2) is 0 Å². The molecule has 0 spiro atoms. The molecule has 0 saturated carbocycles. The molecule has 230 valence electrons. The average molecular weight is 636 g/mol. The first-order chi connectivity index (χ1) is 26.9. The zero-order valence-electron chi connectivity index (χ0n) is 31.9. The highest BCUT2D eigenvalue weighted by molar-refractivity contribution is 6.31. The summed E-state index contributed by atoms with van der Waals surface area (Å²) in [5.74, 6) is 0. The van der Waals surface area contributed by atoms with Gasteiger partial charge in [0.05, 0.1) is 6.85 Å². The van der Waals surface area contributed by atoms with Crippen molar-refractivity contribution in [3.8, 4) is 33.4 Å². The van der Waals surface area contributed by atoms with Crippen molar-refractivity contribution in [2.75, 3.05) is 0 Å². The maximum Gasteiger partial charge on any atom is 0.0629 e. The standard InChI is InChI=1S/C50H30/c1-2-12-31(13-3-1)47-39-18-8-10-20-41(39)50(42-21-11-9-19-40(42)47)45-29-25-33-23-27-43-38(26-22-32-24-28-44(45)49(33)48(32)43)46-30-34-14-4-5-15-35(34)36-16-6-7-17-37(36)46/h1-30H/i1D,2D,3D,12D,13D. The van der Waals surface area contributed by atoms with E-state index in [1.54, 1.807) is 0 Å². The first kappa shape index (κ1) is 23.0. The number of hydrogen-bond acceptors (Lipinski definition) is 0. The number of benzene rings is 11. The number of rotatable bonds is 3. The molecular weight excluding hydrogens is 601 g/mol. The van der Waals surface area contributed by atoms with Gasteiger partial charge >= 0.3 is 0 Å². The minimum atomic E-state index is -0.394. The third-order valence-electron chi connectivity index (χ3n) is 10.7. The van der Waals surface area contributed by atoms with Crippen LogP contribution in [0.3, 0.4) is 0 Å². The van der Waals surface area contributed by atoms with E-state index in [1.807, 2.05) is 36.4 Å². The molecule has 0 atom stereocenters. The topological polar surface area (TPSA) is 0 Å². The van der Waals surface area contributed by atoms with Crippen molar-refractivity contribution in [1.29, 1.82) is 0 Å². The maximum atomic E-state index is 8.96. The van der Waals surface area contributed by atoms with E-state index in [0.717, 1.165) is 38.1 Å². The molecule has 0 N–H and O–H groups in total. The highest BCUT2D eigenvalue weighted by Crippen LogP contribution is 2.48. The predicted octanol–water partition coefficient (Wildman–Crippen LogP) is 14.2. The Morgan fingerprint density at radius 1 is 0.300 bits per heavy atom. The molecule has 0 heterocycles. The largest absolute Gasteiger partial charge is 0.0629 e. The molecule has 0 heteroatoms. The molecule has 50 heavy (non-hydrogen) atoms. The molecule has 0 radical (unpaired) electrons. The third-order valence-corrected chi connectivity index (χ3v) is 10.7. The highest BCUT2D eigenvalue weighted by Gasteiger charge is 2.20. The van der Waals surface area contributed by atoms with E-state index in [4.69, 9.17) is 6.85 Å². The maximum absolute atomic E-state index is 8.96. The Kier molecular flexibility index (Phi) is 4.82. The van der Waals surface area contributed by atoms with Crippen LogP contribution in [0.15, 0.2) is 182 Å². The lowest BCUT2D eigenvalue weighted by molar-refractivity contribution is 1.67. The normalized spacial score (nSPS) is 13.4. The summed E-state index contributed by atoms with van der Waals surface area (Å²) in [6.07, 6.45) is 0. The van der Waals surface area contributed by atoms with Gasteiger partial charge in [-0.25, -0.2) is 0 Å². The van der Waals surface area contributed by atoms with E-state index in [2.05, 4.69) is 115 Å². The molecule has 0 aromatic heterocycles. The van der Waals surface area contributed by atoms with Crippen molar-refractivity contribution >= 4 is 75.4 Å². The summed E-state index contributed by atoms with van der Waals surface area (Å²) in [5, 5.41) is 15.7. The van der Waals surface area contributed by atoms with Crippen LogP contribution >= 0.6 is 0 Å². The van der Waals surface area contributed by atoms with Crippen LogP contribution in [0.1, 0.15) is 6.85 Å². The zero-order chi connectivity index (χ0) is 37.1. The Hall–Kier alpha value is -6.50. The van der Waals surface area contributed by atoms with Gasteiger partial charge in [0.2, 0.25) is 0 Å². The summed E-state index contributed by atoms with van der Waals surface area (Å²) < 4.78 is 43.2. The van der Waals surface area contributed by atoms with Gasteiger partial charge in [-0.2, -0.15) is 0 Å². The van der Waals surface area contributed by atoms with Crippen molar-refractivity contribution in [3.05, 3.63) is 182 Å². The van der Waals surface area contributed by atoms with Crippen LogP contribution in [0.4, 0.5) is 0 Å². The molecule has 11 aromatic rings. The van der Waals surface area contributed by atoms with Crippen molar-refractivity contribution in [1.82, 2.24) is 0 Å². The molecule has 11 rings (SSSR count). The zero-order valence-corrected chi connectivity index (χ0v) is 26.9. The fourth-order valence-corrected chi connectivity index (χ4v) is 8.59. The van der Waals surface area contributed by atoms with Gasteiger partial charge in [-0.3, -0.25) is 0 Å². The monoisotopic (exact) mass is 635 g/mol. The SMILES string of the molecule is [2H]c1c([2H])c([2H])c(-c2c3ccccc3c(-c3ccc4ccc5c(-c6cc7ccccc7c7ccccc67)ccc6ccc3c4c65)c3ccccc23)c([2H])c1[2H]. The molecule has 0 amide bonds. The third kappa shape index (κ3) is 3.82. The Morgan fingerprint density at radius 3 is 1.42 bits per heavy atom. The van der Waals surface area contributed by atoms with Gasteiger partial charge in [0.25, 0.3) is 0 Å². The quantitative estimate of drug-likeness (QED) is 0.134. The summed E-state index contributed by atoms with van der Waals surface area (Å²) in [6.45, 7) is 0. The van der Waals surface area contributed by atoms with Crippen LogP contribution in [0.2, 0.25) is 0 Å². The second-order valence-corrected chi connectivity index (χ2v) is 13.2. The molecule has 0 aliphatic rings. The van der Waals surface area contributed by atoms with E-state index in [1.165, 1.54) is 59.6 Å². The minimum absolute atomic E-state index is 0.202. The predicted molar refractivity (Wildman–Crippen MR) is 216 cm³/mol. The van der Waals surface area contributed by atoms with E-state index < -0.39 is 6.04 Å². The van der Waals surface area contributed by atoms with Crippen molar-refractivity contribution in [2.45, 2.75) is 0 Å². The van der Waals surface area contributed by atoms with Crippen LogP contribution in [0.5, 0.6) is 0 Å². The fourth-order valence-electron chi connectivity index (χ4n) is 8.59. The summed E-state index contributed by atoms with van der Waals surface area (Å²) in [5.41, 5.74) is 5.43. The first-order valence-electron chi connectivity index (χ1n) is 19.5. The van der Waals surface area contributed by atoms with Gasteiger partial charge in [-0.05, 0) is 115 Å². The second-order valence-electron chi connectivity index (χ2n) is 13.2. The molecular formula is C50H30. The van der Waals surface area contributed by atoms with Crippen molar-refractivity contribution < 1.29 is 6.85 Å². The van der Waals surface area contributed by atoms with Crippen LogP contribution in [-0.2, 0) is 0 Å². The molecule has 0 saturated heterocycles. The Morgan fingerprint density at radius 2 is 0.780 bits per heavy atom. The Balaban J connectivity index is 1.24. The molecule has 11 aromatic carbocycles. The smallest absolute Gasteiger partial charge is 0.0622 e. The molecule has 0 aliphatic carbocycles. The van der Waals surface area contributed by atoms with Gasteiger partial charge in [0.1, 0.15) is 0 Å². The highest BCUT2D eigenvalue weighted by atomic mass is 14.2. The summed E-state index contributed by atoms with van der Waals surface area (Å²) in [6, 6.07) is 52.3. The molecule has 0 bridgehead atoms. The second kappa shape index (κ2) is 10.5. The van der Waals surface area contributed by atoms with Crippen LogP contribution in [0.25, 0.3) is 109 Å². The van der Waals surface area contributed by atoms with Gasteiger partial charge < -0.3 is 0 Å². The van der Waals surface area contributed by atoms with E-state index in [0.29, 0.717) is 5.56 Å². The van der Waals surface area contributed by atoms with Gasteiger partial charge in [0, 0.05) is 0 Å². The lowest BCUT2D eigenvalue weighted by Gasteiger charge is -2.21. The summed E-state index contributed by atoms with van der Waals surface area (Å²) in [4.78, 5) is 0. The van der Waals surface area contributed by atoms with Crippen molar-refractivity contribution in [2.24, 2.45) is 0 Å².